The molecule has 0 radical (unpaired) electrons. The first kappa shape index (κ1) is 24.5. The van der Waals surface area contributed by atoms with Gasteiger partial charge in [0.05, 0.1) is 17.6 Å². The van der Waals surface area contributed by atoms with Gasteiger partial charge in [-0.3, -0.25) is 14.5 Å². The minimum atomic E-state index is -0.00317. The highest BCUT2D eigenvalue weighted by molar-refractivity contribution is 5.81. The normalized spacial score (nSPS) is 14.0. The molecule has 8 nitrogen and oxygen atoms in total. The Hall–Kier alpha value is -4.17. The summed E-state index contributed by atoms with van der Waals surface area (Å²) in [6, 6.07) is 27.3. The second-order valence-corrected chi connectivity index (χ2v) is 9.12. The fourth-order valence-electron chi connectivity index (χ4n) is 4.52. The molecular formula is C29H31N5O3. The summed E-state index contributed by atoms with van der Waals surface area (Å²) in [6.07, 6.45) is 0. The second-order valence-electron chi connectivity index (χ2n) is 9.12. The van der Waals surface area contributed by atoms with Gasteiger partial charge in [0.25, 0.3) is 0 Å². The molecule has 2 amide bonds. The van der Waals surface area contributed by atoms with Gasteiger partial charge in [0, 0.05) is 32.7 Å². The Morgan fingerprint density at radius 3 is 2.24 bits per heavy atom. The van der Waals surface area contributed by atoms with Gasteiger partial charge >= 0.3 is 0 Å². The van der Waals surface area contributed by atoms with E-state index in [1.807, 2.05) is 94.4 Å². The lowest BCUT2D eigenvalue weighted by molar-refractivity contribution is -0.133. The molecule has 1 N–H and O–H groups in total. The molecule has 1 aliphatic rings. The molecule has 2 heterocycles. The molecule has 8 heteroatoms. The highest BCUT2D eigenvalue weighted by Gasteiger charge is 2.24. The fraction of sp³-hybridized carbons (Fsp3) is 0.276. The molecule has 190 valence electrons. The summed E-state index contributed by atoms with van der Waals surface area (Å²) in [5, 5.41) is 2.97. The minimum absolute atomic E-state index is 0.00317. The number of para-hydroxylation sites is 3. The Labute approximate surface area is 216 Å². The van der Waals surface area contributed by atoms with Crippen molar-refractivity contribution >= 4 is 22.8 Å². The summed E-state index contributed by atoms with van der Waals surface area (Å²) in [5.41, 5.74) is 2.83. The molecule has 0 spiro atoms. The van der Waals surface area contributed by atoms with Gasteiger partial charge < -0.3 is 19.5 Å². The Morgan fingerprint density at radius 1 is 0.811 bits per heavy atom. The van der Waals surface area contributed by atoms with E-state index in [4.69, 9.17) is 9.72 Å². The molecule has 0 aliphatic carbocycles. The first-order chi connectivity index (χ1) is 18.2. The Morgan fingerprint density at radius 2 is 1.49 bits per heavy atom. The highest BCUT2D eigenvalue weighted by atomic mass is 16.5. The molecule has 5 rings (SSSR count). The lowest BCUT2D eigenvalue weighted by atomic mass is 10.2. The average molecular weight is 498 g/mol. The SMILES string of the molecule is O=C(CN1CCN(C(=O)Cn2c(COc3ccccc3)nc3ccccc32)CC1)NCc1ccccc1. The average Bonchev–Trinajstić information content (AvgIpc) is 3.29. The number of piperazine rings is 1. The van der Waals surface area contributed by atoms with Gasteiger partial charge in [-0.15, -0.1) is 0 Å². The van der Waals surface area contributed by atoms with Gasteiger partial charge in [-0.2, -0.15) is 0 Å². The number of fused-ring (bicyclic) bond motifs is 1. The predicted octanol–water partition coefficient (Wildman–Crippen LogP) is 3.08. The molecule has 1 aromatic heterocycles. The maximum atomic E-state index is 13.3. The lowest BCUT2D eigenvalue weighted by Gasteiger charge is -2.34. The molecule has 0 bridgehead atoms. The van der Waals surface area contributed by atoms with E-state index in [2.05, 4.69) is 10.2 Å². The molecular weight excluding hydrogens is 466 g/mol. The van der Waals surface area contributed by atoms with Gasteiger partial charge in [0.15, 0.2) is 0 Å². The molecule has 0 atom stereocenters. The number of rotatable bonds is 9. The summed E-state index contributed by atoms with van der Waals surface area (Å²) in [4.78, 5) is 34.3. The summed E-state index contributed by atoms with van der Waals surface area (Å²) in [5.74, 6) is 1.51. The van der Waals surface area contributed by atoms with E-state index in [9.17, 15) is 9.59 Å². The van der Waals surface area contributed by atoms with Crippen LogP contribution in [-0.2, 0) is 29.3 Å². The summed E-state index contributed by atoms with van der Waals surface area (Å²) in [6.45, 7) is 3.84. The lowest BCUT2D eigenvalue weighted by Crippen LogP contribution is -2.51. The van der Waals surface area contributed by atoms with Crippen molar-refractivity contribution < 1.29 is 14.3 Å². The van der Waals surface area contributed by atoms with Crippen LogP contribution in [0.25, 0.3) is 11.0 Å². The standard InChI is InChI=1S/C29H31N5O3/c35-28(30-19-23-9-3-1-4-10-23)20-32-15-17-33(18-16-32)29(36)21-34-26-14-8-7-13-25(26)31-27(34)22-37-24-11-5-2-6-12-24/h1-14H,15-22H2,(H,30,35). The third-order valence-electron chi connectivity index (χ3n) is 6.56. The summed E-state index contributed by atoms with van der Waals surface area (Å²) in [7, 11) is 0. The number of carbonyl (C=O) groups excluding carboxylic acids is 2. The zero-order valence-electron chi connectivity index (χ0n) is 20.8. The molecule has 1 aliphatic heterocycles. The zero-order valence-corrected chi connectivity index (χ0v) is 20.8. The number of nitrogens with one attached hydrogen (secondary N) is 1. The number of imidazole rings is 1. The van der Waals surface area contributed by atoms with Crippen molar-refractivity contribution in [2.24, 2.45) is 0 Å². The first-order valence-electron chi connectivity index (χ1n) is 12.6. The number of aromatic nitrogens is 2. The Kier molecular flexibility index (Phi) is 7.76. The van der Waals surface area contributed by atoms with Crippen molar-refractivity contribution in [1.29, 1.82) is 0 Å². The van der Waals surface area contributed by atoms with Gasteiger partial charge in [-0.25, -0.2) is 4.98 Å². The largest absolute Gasteiger partial charge is 0.486 e. The Bertz CT molecular complexity index is 1330. The number of hydrogen-bond donors (Lipinski definition) is 1. The van der Waals surface area contributed by atoms with Gasteiger partial charge in [-0.1, -0.05) is 60.7 Å². The van der Waals surface area contributed by atoms with Crippen LogP contribution in [0.1, 0.15) is 11.4 Å². The van der Waals surface area contributed by atoms with Crippen LogP contribution in [0.5, 0.6) is 5.75 Å². The summed E-state index contributed by atoms with van der Waals surface area (Å²) < 4.78 is 7.88. The van der Waals surface area contributed by atoms with Crippen molar-refractivity contribution in [2.75, 3.05) is 32.7 Å². The van der Waals surface area contributed by atoms with E-state index < -0.39 is 0 Å². The minimum Gasteiger partial charge on any atom is -0.486 e. The number of hydrogen-bond acceptors (Lipinski definition) is 5. The number of ether oxygens (including phenoxy) is 1. The third kappa shape index (κ3) is 6.34. The molecule has 0 saturated carbocycles. The molecule has 3 aromatic carbocycles. The van der Waals surface area contributed by atoms with Crippen LogP contribution in [0.3, 0.4) is 0 Å². The predicted molar refractivity (Wildman–Crippen MR) is 142 cm³/mol. The Balaban J connectivity index is 1.15. The van der Waals surface area contributed by atoms with Crippen LogP contribution in [-0.4, -0.2) is 63.9 Å². The van der Waals surface area contributed by atoms with Crippen LogP contribution in [0, 0.1) is 0 Å². The van der Waals surface area contributed by atoms with Crippen LogP contribution in [0.4, 0.5) is 0 Å². The second kappa shape index (κ2) is 11.7. The zero-order chi connectivity index (χ0) is 25.5. The van der Waals surface area contributed by atoms with Crippen molar-refractivity contribution in [3.63, 3.8) is 0 Å². The first-order valence-corrected chi connectivity index (χ1v) is 12.6. The van der Waals surface area contributed by atoms with Crippen molar-refractivity contribution in [1.82, 2.24) is 24.7 Å². The summed E-state index contributed by atoms with van der Waals surface area (Å²) >= 11 is 0. The van der Waals surface area contributed by atoms with Gasteiger partial charge in [0.1, 0.15) is 24.7 Å². The van der Waals surface area contributed by atoms with Crippen molar-refractivity contribution in [2.45, 2.75) is 19.7 Å². The van der Waals surface area contributed by atoms with E-state index >= 15 is 0 Å². The highest BCUT2D eigenvalue weighted by Crippen LogP contribution is 2.19. The number of benzene rings is 3. The van der Waals surface area contributed by atoms with E-state index in [-0.39, 0.29) is 25.0 Å². The van der Waals surface area contributed by atoms with Crippen LogP contribution in [0.15, 0.2) is 84.9 Å². The van der Waals surface area contributed by atoms with Crippen LogP contribution >= 0.6 is 0 Å². The number of amides is 2. The van der Waals surface area contributed by atoms with Crippen LogP contribution in [0.2, 0.25) is 0 Å². The topological polar surface area (TPSA) is 79.7 Å². The maximum Gasteiger partial charge on any atom is 0.242 e. The molecule has 37 heavy (non-hydrogen) atoms. The van der Waals surface area contributed by atoms with Crippen molar-refractivity contribution in [3.05, 3.63) is 96.3 Å². The van der Waals surface area contributed by atoms with E-state index in [1.165, 1.54) is 0 Å². The molecule has 1 saturated heterocycles. The smallest absolute Gasteiger partial charge is 0.242 e. The number of nitrogens with zero attached hydrogens (tertiary/aromatic N) is 4. The quantitative estimate of drug-likeness (QED) is 0.385. The maximum absolute atomic E-state index is 13.3. The number of carbonyl (C=O) groups is 2. The third-order valence-corrected chi connectivity index (χ3v) is 6.56. The van der Waals surface area contributed by atoms with E-state index in [1.54, 1.807) is 0 Å². The molecule has 0 unspecified atom stereocenters. The van der Waals surface area contributed by atoms with E-state index in [0.29, 0.717) is 45.1 Å². The van der Waals surface area contributed by atoms with E-state index in [0.717, 1.165) is 22.3 Å². The van der Waals surface area contributed by atoms with Gasteiger partial charge in [0.2, 0.25) is 11.8 Å². The van der Waals surface area contributed by atoms with Gasteiger partial charge in [-0.05, 0) is 29.8 Å². The molecule has 1 fully saturated rings. The van der Waals surface area contributed by atoms with Crippen molar-refractivity contribution in [3.8, 4) is 5.75 Å². The monoisotopic (exact) mass is 497 g/mol. The van der Waals surface area contributed by atoms with Crippen LogP contribution < -0.4 is 10.1 Å². The molecule has 4 aromatic rings. The fourth-order valence-corrected chi connectivity index (χ4v) is 4.52.